The Balaban J connectivity index is 1.42. The zero-order valence-corrected chi connectivity index (χ0v) is 16.5. The first-order valence-corrected chi connectivity index (χ1v) is 9.97. The zero-order chi connectivity index (χ0) is 21.3. The van der Waals surface area contributed by atoms with Crippen LogP contribution in [0.3, 0.4) is 0 Å². The number of alkyl halides is 2. The molecule has 2 saturated heterocycles. The van der Waals surface area contributed by atoms with Crippen LogP contribution in [0.5, 0.6) is 0 Å². The summed E-state index contributed by atoms with van der Waals surface area (Å²) >= 11 is 0. The van der Waals surface area contributed by atoms with Gasteiger partial charge < -0.3 is 10.1 Å². The van der Waals surface area contributed by atoms with Gasteiger partial charge in [-0.15, -0.1) is 5.10 Å². The number of imidazole rings is 1. The smallest absolute Gasteiger partial charge is 0.267 e. The van der Waals surface area contributed by atoms with Gasteiger partial charge in [0.2, 0.25) is 0 Å². The summed E-state index contributed by atoms with van der Waals surface area (Å²) in [5.74, 6) is -0.583. The van der Waals surface area contributed by atoms with E-state index in [0.29, 0.717) is 23.4 Å². The molecule has 2 fully saturated rings. The largest absolute Gasteiger partial charge is 0.370 e. The van der Waals surface area contributed by atoms with Crippen molar-refractivity contribution in [3.8, 4) is 11.3 Å². The molecule has 6 rings (SSSR count). The number of hydrogen-bond donors (Lipinski definition) is 1. The number of aryl methyl sites for hydroxylation is 1. The van der Waals surface area contributed by atoms with E-state index in [9.17, 15) is 13.2 Å². The summed E-state index contributed by atoms with van der Waals surface area (Å²) in [5.41, 5.74) is 1.23. The van der Waals surface area contributed by atoms with Crippen LogP contribution < -0.4 is 5.32 Å². The van der Waals surface area contributed by atoms with E-state index in [4.69, 9.17) is 4.74 Å². The Bertz CT molecular complexity index is 1330. The molecule has 0 aliphatic carbocycles. The number of fused-ring (bicyclic) bond motifs is 2. The van der Waals surface area contributed by atoms with E-state index < -0.39 is 12.2 Å². The molecule has 1 atom stereocenters. The third-order valence-electron chi connectivity index (χ3n) is 5.97. The van der Waals surface area contributed by atoms with E-state index in [1.165, 1.54) is 21.4 Å². The molecule has 2 aliphatic rings. The quantitative estimate of drug-likeness (QED) is 0.539. The maximum absolute atomic E-state index is 14.9. The fraction of sp³-hybridized carbons (Fsp3) is 0.400. The molecule has 3 aromatic heterocycles. The van der Waals surface area contributed by atoms with Crippen LogP contribution in [0.2, 0.25) is 0 Å². The van der Waals surface area contributed by atoms with Gasteiger partial charge in [0.1, 0.15) is 11.0 Å². The fourth-order valence-electron chi connectivity index (χ4n) is 4.34. The summed E-state index contributed by atoms with van der Waals surface area (Å²) in [6, 6.07) is 4.03. The van der Waals surface area contributed by atoms with Gasteiger partial charge in [0.25, 0.3) is 6.43 Å². The van der Waals surface area contributed by atoms with Crippen molar-refractivity contribution < 1.29 is 17.9 Å². The highest BCUT2D eigenvalue weighted by Crippen LogP contribution is 2.36. The summed E-state index contributed by atoms with van der Waals surface area (Å²) in [6.45, 7) is 3.74. The van der Waals surface area contributed by atoms with Crippen LogP contribution in [-0.2, 0) is 4.74 Å². The highest BCUT2D eigenvalue weighted by molar-refractivity contribution is 5.81. The van der Waals surface area contributed by atoms with Crippen molar-refractivity contribution in [3.63, 3.8) is 0 Å². The molecule has 5 heterocycles. The SMILES string of the molecule is Cc1cn2nc(-c3cc(F)c4nn([C@@H]5COC6(CNC6)C5)nc4c3)cc(C(F)F)c2n1. The van der Waals surface area contributed by atoms with Gasteiger partial charge in [-0.25, -0.2) is 22.7 Å². The van der Waals surface area contributed by atoms with Crippen molar-refractivity contribution in [1.29, 1.82) is 0 Å². The van der Waals surface area contributed by atoms with Crippen LogP contribution in [0.4, 0.5) is 13.2 Å². The normalized spacial score (nSPS) is 20.4. The van der Waals surface area contributed by atoms with Crippen molar-refractivity contribution in [2.75, 3.05) is 19.7 Å². The van der Waals surface area contributed by atoms with Gasteiger partial charge in [0.15, 0.2) is 11.5 Å². The van der Waals surface area contributed by atoms with Crippen LogP contribution in [-0.4, -0.2) is 54.9 Å². The standard InChI is InChI=1S/C20H18F3N7O/c1-10-6-29-19(25-10)13(18(22)23)4-15(26-29)11-2-14(21)17-16(3-11)27-30(28-17)12-5-20(31-7-12)8-24-9-20/h2-4,6,12,18,24H,5,7-9H2,1H3/t12-/m0/s1. The molecule has 1 spiro atoms. The predicted octanol–water partition coefficient (Wildman–Crippen LogP) is 2.83. The average molecular weight is 429 g/mol. The van der Waals surface area contributed by atoms with E-state index in [2.05, 4.69) is 25.6 Å². The summed E-state index contributed by atoms with van der Waals surface area (Å²) in [4.78, 5) is 5.62. The number of rotatable bonds is 3. The predicted molar refractivity (Wildman–Crippen MR) is 104 cm³/mol. The van der Waals surface area contributed by atoms with Gasteiger partial charge in [-0.2, -0.15) is 15.0 Å². The molecule has 160 valence electrons. The fourth-order valence-corrected chi connectivity index (χ4v) is 4.34. The first-order chi connectivity index (χ1) is 14.9. The van der Waals surface area contributed by atoms with E-state index in [1.54, 1.807) is 19.2 Å². The molecule has 4 aromatic rings. The van der Waals surface area contributed by atoms with Crippen LogP contribution >= 0.6 is 0 Å². The van der Waals surface area contributed by atoms with E-state index >= 15 is 0 Å². The minimum absolute atomic E-state index is 0.0776. The maximum atomic E-state index is 14.9. The topological polar surface area (TPSA) is 82.2 Å². The summed E-state index contributed by atoms with van der Waals surface area (Å²) in [7, 11) is 0. The Morgan fingerprint density at radius 3 is 2.74 bits per heavy atom. The summed E-state index contributed by atoms with van der Waals surface area (Å²) < 4.78 is 49.3. The lowest BCUT2D eigenvalue weighted by Gasteiger charge is -2.37. The highest BCUT2D eigenvalue weighted by Gasteiger charge is 2.46. The molecule has 31 heavy (non-hydrogen) atoms. The summed E-state index contributed by atoms with van der Waals surface area (Å²) in [6.07, 6.45) is -0.428. The van der Waals surface area contributed by atoms with E-state index in [1.807, 2.05) is 0 Å². The molecule has 11 heteroatoms. The molecule has 1 N–H and O–H groups in total. The Morgan fingerprint density at radius 1 is 1.19 bits per heavy atom. The number of nitrogens with one attached hydrogen (secondary N) is 1. The van der Waals surface area contributed by atoms with Gasteiger partial charge in [-0.3, -0.25) is 0 Å². The van der Waals surface area contributed by atoms with E-state index in [-0.39, 0.29) is 34.1 Å². The number of nitrogens with zero attached hydrogens (tertiary/aromatic N) is 6. The zero-order valence-electron chi connectivity index (χ0n) is 16.5. The molecule has 8 nitrogen and oxygen atoms in total. The van der Waals surface area contributed by atoms with Crippen LogP contribution in [0.15, 0.2) is 24.4 Å². The lowest BCUT2D eigenvalue weighted by atomic mass is 9.92. The number of halogens is 3. The van der Waals surface area contributed by atoms with Gasteiger partial charge >= 0.3 is 0 Å². The number of ether oxygens (including phenoxy) is 1. The minimum atomic E-state index is -2.74. The van der Waals surface area contributed by atoms with Crippen molar-refractivity contribution in [3.05, 3.63) is 41.5 Å². The molecular weight excluding hydrogens is 411 g/mol. The number of benzene rings is 1. The van der Waals surface area contributed by atoms with Crippen molar-refractivity contribution in [2.24, 2.45) is 0 Å². The maximum Gasteiger partial charge on any atom is 0.267 e. The van der Waals surface area contributed by atoms with Crippen LogP contribution in [0, 0.1) is 12.7 Å². The van der Waals surface area contributed by atoms with Crippen molar-refractivity contribution in [1.82, 2.24) is 34.9 Å². The second-order valence-corrected chi connectivity index (χ2v) is 8.24. The van der Waals surface area contributed by atoms with Crippen molar-refractivity contribution >= 4 is 16.7 Å². The second-order valence-electron chi connectivity index (χ2n) is 8.24. The molecule has 0 unspecified atom stereocenters. The van der Waals surface area contributed by atoms with E-state index in [0.717, 1.165) is 19.5 Å². The molecule has 1 aromatic carbocycles. The summed E-state index contributed by atoms with van der Waals surface area (Å²) in [5, 5.41) is 16.3. The Labute approximate surface area is 174 Å². The third-order valence-corrected chi connectivity index (χ3v) is 5.97. The molecule has 0 bridgehead atoms. The molecule has 0 radical (unpaired) electrons. The van der Waals surface area contributed by atoms with Crippen molar-refractivity contribution in [2.45, 2.75) is 31.4 Å². The lowest BCUT2D eigenvalue weighted by Crippen LogP contribution is -2.59. The van der Waals surface area contributed by atoms with Crippen LogP contribution in [0.1, 0.15) is 30.1 Å². The Hall–Kier alpha value is -3.05. The van der Waals surface area contributed by atoms with Gasteiger partial charge in [0, 0.05) is 25.1 Å². The Kier molecular flexibility index (Phi) is 3.90. The second kappa shape index (κ2) is 6.47. The number of aromatic nitrogens is 6. The van der Waals surface area contributed by atoms with Gasteiger partial charge in [-0.05, 0) is 25.1 Å². The Morgan fingerprint density at radius 2 is 2.03 bits per heavy atom. The molecule has 0 saturated carbocycles. The first kappa shape index (κ1) is 18.7. The monoisotopic (exact) mass is 429 g/mol. The molecular formula is C20H18F3N7O. The first-order valence-electron chi connectivity index (χ1n) is 9.97. The highest BCUT2D eigenvalue weighted by atomic mass is 19.3. The molecule has 2 aliphatic heterocycles. The molecule has 0 amide bonds. The lowest BCUT2D eigenvalue weighted by molar-refractivity contribution is -0.0362. The van der Waals surface area contributed by atoms with Crippen LogP contribution in [0.25, 0.3) is 27.9 Å². The third kappa shape index (κ3) is 2.91. The van der Waals surface area contributed by atoms with Gasteiger partial charge in [-0.1, -0.05) is 0 Å². The average Bonchev–Trinajstić information content (AvgIpc) is 3.41. The minimum Gasteiger partial charge on any atom is -0.370 e. The van der Waals surface area contributed by atoms with Gasteiger partial charge in [0.05, 0.1) is 41.4 Å². The number of hydrogen-bond acceptors (Lipinski definition) is 6.